The molecular formula is C16H26N2O3. The molecule has 1 aliphatic carbocycles. The molecule has 1 fully saturated rings. The van der Waals surface area contributed by atoms with Gasteiger partial charge in [0, 0.05) is 18.5 Å². The van der Waals surface area contributed by atoms with Crippen molar-refractivity contribution in [2.24, 2.45) is 0 Å². The van der Waals surface area contributed by atoms with E-state index in [9.17, 15) is 9.90 Å². The maximum absolute atomic E-state index is 12.1. The lowest BCUT2D eigenvalue weighted by Crippen LogP contribution is -2.42. The average molecular weight is 294 g/mol. The number of aromatic nitrogens is 1. The van der Waals surface area contributed by atoms with Crippen LogP contribution in [0.3, 0.4) is 0 Å². The van der Waals surface area contributed by atoms with Crippen LogP contribution in [0.25, 0.3) is 0 Å². The van der Waals surface area contributed by atoms with Crippen LogP contribution in [0.15, 0.2) is 10.6 Å². The molecule has 21 heavy (non-hydrogen) atoms. The molecule has 1 aromatic heterocycles. The number of carbonyl (C=O) groups is 1. The van der Waals surface area contributed by atoms with Gasteiger partial charge in [0.2, 0.25) is 5.76 Å². The second kappa shape index (κ2) is 7.07. The van der Waals surface area contributed by atoms with Crippen LogP contribution in [-0.2, 0) is 0 Å². The van der Waals surface area contributed by atoms with Crippen LogP contribution in [0.1, 0.15) is 81.0 Å². The Labute approximate surface area is 126 Å². The maximum Gasteiger partial charge on any atom is 0.290 e. The van der Waals surface area contributed by atoms with Crippen LogP contribution in [0.2, 0.25) is 0 Å². The number of carbonyl (C=O) groups excluding carboxylic acids is 1. The molecule has 5 nitrogen and oxygen atoms in total. The Hall–Kier alpha value is -1.36. The van der Waals surface area contributed by atoms with Crippen LogP contribution < -0.4 is 5.32 Å². The number of rotatable bonds is 5. The summed E-state index contributed by atoms with van der Waals surface area (Å²) in [5.74, 6) is 0.207. The lowest BCUT2D eigenvalue weighted by molar-refractivity contribution is 0.0242. The highest BCUT2D eigenvalue weighted by molar-refractivity contribution is 5.91. The zero-order valence-corrected chi connectivity index (χ0v) is 13.0. The van der Waals surface area contributed by atoms with Gasteiger partial charge in [-0.2, -0.15) is 0 Å². The van der Waals surface area contributed by atoms with E-state index >= 15 is 0 Å². The molecule has 0 aliphatic heterocycles. The summed E-state index contributed by atoms with van der Waals surface area (Å²) >= 11 is 0. The number of nitrogens with zero attached hydrogens (tertiary/aromatic N) is 1. The quantitative estimate of drug-likeness (QED) is 0.819. The second-order valence-corrected chi connectivity index (χ2v) is 6.25. The molecule has 2 N–H and O–H groups in total. The van der Waals surface area contributed by atoms with Crippen molar-refractivity contribution >= 4 is 5.91 Å². The molecule has 1 aromatic rings. The predicted octanol–water partition coefficient (Wildman–Crippen LogP) is 3.00. The Bertz CT molecular complexity index is 462. The normalized spacial score (nSPS) is 19.8. The minimum Gasteiger partial charge on any atom is -0.388 e. The standard InChI is InChI=1S/C16H26N2O3/c1-3-12(2)13-10-14(21-18-13)15(19)17-11-16(20)8-6-4-5-7-9-16/h10,12,20H,3-9,11H2,1-2H3,(H,17,19). The fourth-order valence-electron chi connectivity index (χ4n) is 2.73. The summed E-state index contributed by atoms with van der Waals surface area (Å²) in [6.45, 7) is 4.40. The fraction of sp³-hybridized carbons (Fsp3) is 0.750. The monoisotopic (exact) mass is 294 g/mol. The van der Waals surface area contributed by atoms with Crippen molar-refractivity contribution in [1.82, 2.24) is 10.5 Å². The molecule has 1 heterocycles. The molecule has 2 rings (SSSR count). The first-order chi connectivity index (χ1) is 10.0. The number of hydrogen-bond donors (Lipinski definition) is 2. The summed E-state index contributed by atoms with van der Waals surface area (Å²) in [6, 6.07) is 1.70. The molecule has 1 amide bonds. The van der Waals surface area contributed by atoms with E-state index in [1.165, 1.54) is 0 Å². The molecule has 0 bridgehead atoms. The van der Waals surface area contributed by atoms with Crippen molar-refractivity contribution in [3.05, 3.63) is 17.5 Å². The van der Waals surface area contributed by atoms with E-state index in [0.29, 0.717) is 0 Å². The second-order valence-electron chi connectivity index (χ2n) is 6.25. The van der Waals surface area contributed by atoms with E-state index in [2.05, 4.69) is 17.4 Å². The van der Waals surface area contributed by atoms with Crippen molar-refractivity contribution in [3.8, 4) is 0 Å². The number of amides is 1. The molecule has 1 unspecified atom stereocenters. The summed E-state index contributed by atoms with van der Waals surface area (Å²) in [5, 5.41) is 17.2. The highest BCUT2D eigenvalue weighted by Gasteiger charge is 2.29. The van der Waals surface area contributed by atoms with Crippen LogP contribution in [0.5, 0.6) is 0 Å². The van der Waals surface area contributed by atoms with E-state index in [-0.39, 0.29) is 24.1 Å². The maximum atomic E-state index is 12.1. The van der Waals surface area contributed by atoms with Crippen molar-refractivity contribution < 1.29 is 14.4 Å². The van der Waals surface area contributed by atoms with Gasteiger partial charge < -0.3 is 14.9 Å². The Morgan fingerprint density at radius 2 is 2.10 bits per heavy atom. The number of nitrogens with one attached hydrogen (secondary N) is 1. The van der Waals surface area contributed by atoms with Crippen LogP contribution >= 0.6 is 0 Å². The van der Waals surface area contributed by atoms with Gasteiger partial charge in [0.15, 0.2) is 0 Å². The lowest BCUT2D eigenvalue weighted by atomic mass is 9.94. The van der Waals surface area contributed by atoms with Gasteiger partial charge in [0.1, 0.15) is 0 Å². The third-order valence-corrected chi connectivity index (χ3v) is 4.48. The summed E-state index contributed by atoms with van der Waals surface area (Å²) in [6.07, 6.45) is 6.82. The highest BCUT2D eigenvalue weighted by Crippen LogP contribution is 2.26. The first-order valence-electron chi connectivity index (χ1n) is 8.01. The molecular weight excluding hydrogens is 268 g/mol. The molecule has 1 aliphatic rings. The Balaban J connectivity index is 1.90. The van der Waals surface area contributed by atoms with Crippen LogP contribution in [0.4, 0.5) is 0 Å². The van der Waals surface area contributed by atoms with Gasteiger partial charge in [-0.1, -0.05) is 44.7 Å². The zero-order valence-electron chi connectivity index (χ0n) is 13.0. The Morgan fingerprint density at radius 1 is 1.43 bits per heavy atom. The van der Waals surface area contributed by atoms with Gasteiger partial charge in [0.05, 0.1) is 11.3 Å². The van der Waals surface area contributed by atoms with E-state index in [4.69, 9.17) is 4.52 Å². The Kier molecular flexibility index (Phi) is 5.39. The van der Waals surface area contributed by atoms with Gasteiger partial charge >= 0.3 is 0 Å². The summed E-state index contributed by atoms with van der Waals surface area (Å²) < 4.78 is 5.10. The fourth-order valence-corrected chi connectivity index (χ4v) is 2.73. The lowest BCUT2D eigenvalue weighted by Gasteiger charge is -2.26. The molecule has 0 saturated heterocycles. The minimum atomic E-state index is -0.772. The van der Waals surface area contributed by atoms with Crippen molar-refractivity contribution in [3.63, 3.8) is 0 Å². The third kappa shape index (κ3) is 4.30. The molecule has 0 spiro atoms. The Morgan fingerprint density at radius 3 is 2.71 bits per heavy atom. The van der Waals surface area contributed by atoms with Gasteiger partial charge in [-0.05, 0) is 19.3 Å². The summed E-state index contributed by atoms with van der Waals surface area (Å²) in [7, 11) is 0. The average Bonchev–Trinajstić information content (AvgIpc) is 2.88. The molecule has 1 atom stereocenters. The van der Waals surface area contributed by atoms with Gasteiger partial charge in [-0.3, -0.25) is 4.79 Å². The van der Waals surface area contributed by atoms with Crippen molar-refractivity contribution in [2.45, 2.75) is 70.3 Å². The smallest absolute Gasteiger partial charge is 0.290 e. The molecule has 118 valence electrons. The van der Waals surface area contributed by atoms with Crippen molar-refractivity contribution in [1.29, 1.82) is 0 Å². The largest absolute Gasteiger partial charge is 0.388 e. The topological polar surface area (TPSA) is 75.4 Å². The first kappa shape index (κ1) is 16.0. The van der Waals surface area contributed by atoms with E-state index in [0.717, 1.165) is 50.6 Å². The first-order valence-corrected chi connectivity index (χ1v) is 8.01. The van der Waals surface area contributed by atoms with Crippen LogP contribution in [-0.4, -0.2) is 28.3 Å². The van der Waals surface area contributed by atoms with E-state index in [1.807, 2.05) is 6.92 Å². The number of aliphatic hydroxyl groups is 1. The molecule has 5 heteroatoms. The van der Waals surface area contributed by atoms with Crippen molar-refractivity contribution in [2.75, 3.05) is 6.54 Å². The highest BCUT2D eigenvalue weighted by atomic mass is 16.5. The van der Waals surface area contributed by atoms with E-state index in [1.54, 1.807) is 6.07 Å². The minimum absolute atomic E-state index is 0.225. The summed E-state index contributed by atoms with van der Waals surface area (Å²) in [5.41, 5.74) is 0.0296. The zero-order chi connectivity index (χ0) is 15.3. The van der Waals surface area contributed by atoms with Crippen LogP contribution in [0, 0.1) is 0 Å². The van der Waals surface area contributed by atoms with E-state index < -0.39 is 5.60 Å². The van der Waals surface area contributed by atoms with Gasteiger partial charge in [-0.15, -0.1) is 0 Å². The third-order valence-electron chi connectivity index (χ3n) is 4.48. The van der Waals surface area contributed by atoms with Gasteiger partial charge in [0.25, 0.3) is 5.91 Å². The predicted molar refractivity (Wildman–Crippen MR) is 80.2 cm³/mol. The van der Waals surface area contributed by atoms with Gasteiger partial charge in [-0.25, -0.2) is 0 Å². The summed E-state index contributed by atoms with van der Waals surface area (Å²) in [4.78, 5) is 12.1. The number of hydrogen-bond acceptors (Lipinski definition) is 4. The SMILES string of the molecule is CCC(C)c1cc(C(=O)NCC2(O)CCCCCC2)on1. The molecule has 1 saturated carbocycles. The molecule has 0 aromatic carbocycles. The molecule has 0 radical (unpaired) electrons.